The SMILES string of the molecule is C1=CC=C2c3ccccc3SC2C=C1. The normalized spacial score (nSPS) is 22.6. The number of benzene rings is 1. The third kappa shape index (κ3) is 1.17. The van der Waals surface area contributed by atoms with Crippen LogP contribution in [0.4, 0.5) is 0 Å². The smallest absolute Gasteiger partial charge is 0.0534 e. The predicted molar refractivity (Wildman–Crippen MR) is 62.3 cm³/mol. The zero-order chi connectivity index (χ0) is 9.38. The third-order valence-corrected chi connectivity index (χ3v) is 3.82. The van der Waals surface area contributed by atoms with E-state index in [0.717, 1.165) is 0 Å². The highest BCUT2D eigenvalue weighted by Gasteiger charge is 2.24. The second-order valence-electron chi connectivity index (χ2n) is 3.43. The molecule has 0 N–H and O–H groups in total. The largest absolute Gasteiger partial charge is 0.113 e. The van der Waals surface area contributed by atoms with Crippen LogP contribution in [-0.4, -0.2) is 5.25 Å². The summed E-state index contributed by atoms with van der Waals surface area (Å²) in [6, 6.07) is 8.63. The molecule has 14 heavy (non-hydrogen) atoms. The van der Waals surface area contributed by atoms with Crippen molar-refractivity contribution in [2.45, 2.75) is 10.1 Å². The summed E-state index contributed by atoms with van der Waals surface area (Å²) in [6.45, 7) is 0. The van der Waals surface area contributed by atoms with Gasteiger partial charge in [-0.1, -0.05) is 48.6 Å². The van der Waals surface area contributed by atoms with E-state index in [-0.39, 0.29) is 0 Å². The standard InChI is InChI=1S/C13H10S/c1-2-6-10-11-7-4-5-9-13(11)14-12(10)8-3-1/h1-9,12H. The summed E-state index contributed by atoms with van der Waals surface area (Å²) >= 11 is 1.94. The molecule has 1 aromatic carbocycles. The van der Waals surface area contributed by atoms with Crippen molar-refractivity contribution in [2.75, 3.05) is 0 Å². The Morgan fingerprint density at radius 2 is 1.93 bits per heavy atom. The maximum Gasteiger partial charge on any atom is 0.0534 e. The number of rotatable bonds is 0. The van der Waals surface area contributed by atoms with Crippen LogP contribution in [0.25, 0.3) is 5.57 Å². The van der Waals surface area contributed by atoms with E-state index in [9.17, 15) is 0 Å². The van der Waals surface area contributed by atoms with E-state index in [2.05, 4.69) is 54.6 Å². The Morgan fingerprint density at radius 1 is 1.00 bits per heavy atom. The van der Waals surface area contributed by atoms with Crippen LogP contribution in [0.15, 0.2) is 59.5 Å². The molecule has 0 aromatic heterocycles. The molecule has 1 heteroatoms. The van der Waals surface area contributed by atoms with E-state index in [4.69, 9.17) is 0 Å². The number of fused-ring (bicyclic) bond motifs is 3. The highest BCUT2D eigenvalue weighted by molar-refractivity contribution is 8.01. The summed E-state index contributed by atoms with van der Waals surface area (Å²) in [6.07, 6.45) is 10.8. The lowest BCUT2D eigenvalue weighted by Gasteiger charge is -2.03. The van der Waals surface area contributed by atoms with E-state index in [1.54, 1.807) is 0 Å². The molecular weight excluding hydrogens is 188 g/mol. The van der Waals surface area contributed by atoms with E-state index >= 15 is 0 Å². The van der Waals surface area contributed by atoms with Crippen LogP contribution in [0.2, 0.25) is 0 Å². The molecule has 1 heterocycles. The fraction of sp³-hybridized carbons (Fsp3) is 0.0769. The monoisotopic (exact) mass is 198 g/mol. The Labute approximate surface area is 88.0 Å². The van der Waals surface area contributed by atoms with Gasteiger partial charge in [0.05, 0.1) is 5.25 Å². The minimum Gasteiger partial charge on any atom is -0.113 e. The van der Waals surface area contributed by atoms with Crippen molar-refractivity contribution in [3.63, 3.8) is 0 Å². The predicted octanol–water partition coefficient (Wildman–Crippen LogP) is 3.67. The topological polar surface area (TPSA) is 0 Å². The summed E-state index contributed by atoms with van der Waals surface area (Å²) in [4.78, 5) is 1.41. The molecule has 0 saturated carbocycles. The lowest BCUT2D eigenvalue weighted by atomic mass is 10.0. The van der Waals surface area contributed by atoms with Gasteiger partial charge < -0.3 is 0 Å². The van der Waals surface area contributed by atoms with E-state index in [1.165, 1.54) is 16.0 Å². The number of allylic oxidation sites excluding steroid dienone is 4. The lowest BCUT2D eigenvalue weighted by molar-refractivity contribution is 1.41. The molecular formula is C13H10S. The van der Waals surface area contributed by atoms with Crippen molar-refractivity contribution in [3.8, 4) is 0 Å². The molecule has 0 saturated heterocycles. The Bertz CT molecular complexity index is 452. The molecule has 0 radical (unpaired) electrons. The number of hydrogen-bond donors (Lipinski definition) is 0. The molecule has 1 unspecified atom stereocenters. The molecule has 0 amide bonds. The summed E-state index contributed by atoms with van der Waals surface area (Å²) in [5.74, 6) is 0. The van der Waals surface area contributed by atoms with Crippen molar-refractivity contribution in [1.82, 2.24) is 0 Å². The third-order valence-electron chi connectivity index (χ3n) is 2.54. The first kappa shape index (κ1) is 8.13. The fourth-order valence-corrected chi connectivity index (χ4v) is 3.12. The van der Waals surface area contributed by atoms with Gasteiger partial charge >= 0.3 is 0 Å². The molecule has 2 aliphatic rings. The Hall–Kier alpha value is -1.21. The van der Waals surface area contributed by atoms with Crippen LogP contribution < -0.4 is 0 Å². The molecule has 0 fully saturated rings. The van der Waals surface area contributed by atoms with Crippen LogP contribution in [-0.2, 0) is 0 Å². The second-order valence-corrected chi connectivity index (χ2v) is 4.61. The van der Waals surface area contributed by atoms with Crippen LogP contribution in [0.3, 0.4) is 0 Å². The zero-order valence-electron chi connectivity index (χ0n) is 7.68. The minimum atomic E-state index is 0.516. The van der Waals surface area contributed by atoms with Gasteiger partial charge in [0, 0.05) is 4.90 Å². The van der Waals surface area contributed by atoms with Crippen molar-refractivity contribution in [2.24, 2.45) is 0 Å². The first-order chi connectivity index (χ1) is 6.95. The molecule has 3 rings (SSSR count). The van der Waals surface area contributed by atoms with Gasteiger partial charge in [-0.25, -0.2) is 0 Å². The van der Waals surface area contributed by atoms with Crippen LogP contribution in [0.5, 0.6) is 0 Å². The summed E-state index contributed by atoms with van der Waals surface area (Å²) in [5, 5.41) is 0.516. The highest BCUT2D eigenvalue weighted by atomic mass is 32.2. The van der Waals surface area contributed by atoms with E-state index in [1.807, 2.05) is 11.8 Å². The maximum absolute atomic E-state index is 2.26. The fourth-order valence-electron chi connectivity index (χ4n) is 1.88. The minimum absolute atomic E-state index is 0.516. The van der Waals surface area contributed by atoms with Crippen LogP contribution in [0.1, 0.15) is 5.56 Å². The van der Waals surface area contributed by atoms with Gasteiger partial charge in [0.15, 0.2) is 0 Å². The van der Waals surface area contributed by atoms with Crippen LogP contribution >= 0.6 is 11.8 Å². The van der Waals surface area contributed by atoms with Crippen molar-refractivity contribution in [1.29, 1.82) is 0 Å². The highest BCUT2D eigenvalue weighted by Crippen LogP contribution is 2.45. The van der Waals surface area contributed by atoms with E-state index in [0.29, 0.717) is 5.25 Å². The Kier molecular flexibility index (Phi) is 1.84. The van der Waals surface area contributed by atoms with Crippen molar-refractivity contribution < 1.29 is 0 Å². The van der Waals surface area contributed by atoms with Crippen molar-refractivity contribution in [3.05, 3.63) is 60.2 Å². The zero-order valence-corrected chi connectivity index (χ0v) is 8.50. The van der Waals surface area contributed by atoms with Gasteiger partial charge in [-0.05, 0) is 17.2 Å². The Morgan fingerprint density at radius 3 is 2.93 bits per heavy atom. The first-order valence-corrected chi connectivity index (χ1v) is 5.64. The van der Waals surface area contributed by atoms with Crippen LogP contribution in [0, 0.1) is 0 Å². The molecule has 1 aromatic rings. The molecule has 0 nitrogen and oxygen atoms in total. The molecule has 1 atom stereocenters. The molecule has 0 spiro atoms. The van der Waals surface area contributed by atoms with E-state index < -0.39 is 0 Å². The van der Waals surface area contributed by atoms with Gasteiger partial charge in [0.25, 0.3) is 0 Å². The van der Waals surface area contributed by atoms with Gasteiger partial charge in [-0.2, -0.15) is 0 Å². The quantitative estimate of drug-likeness (QED) is 0.613. The average molecular weight is 198 g/mol. The van der Waals surface area contributed by atoms with Gasteiger partial charge in [-0.3, -0.25) is 0 Å². The molecule has 1 aliphatic carbocycles. The number of hydrogen-bond acceptors (Lipinski definition) is 1. The molecule has 68 valence electrons. The molecule has 1 aliphatic heterocycles. The molecule has 0 bridgehead atoms. The van der Waals surface area contributed by atoms with Crippen molar-refractivity contribution >= 4 is 17.3 Å². The average Bonchev–Trinajstić information content (AvgIpc) is 2.42. The summed E-state index contributed by atoms with van der Waals surface area (Å²) in [7, 11) is 0. The number of thioether (sulfide) groups is 1. The van der Waals surface area contributed by atoms with Gasteiger partial charge in [0.2, 0.25) is 0 Å². The van der Waals surface area contributed by atoms with Gasteiger partial charge in [-0.15, -0.1) is 11.8 Å². The lowest BCUT2D eigenvalue weighted by Crippen LogP contribution is -1.92. The Balaban J connectivity index is 2.18. The summed E-state index contributed by atoms with van der Waals surface area (Å²) < 4.78 is 0. The van der Waals surface area contributed by atoms with Gasteiger partial charge in [0.1, 0.15) is 0 Å². The first-order valence-electron chi connectivity index (χ1n) is 4.76. The summed E-state index contributed by atoms with van der Waals surface area (Å²) in [5.41, 5.74) is 2.84. The maximum atomic E-state index is 2.26. The second kappa shape index (κ2) is 3.18.